The maximum atomic E-state index is 11.9. The van der Waals surface area contributed by atoms with Gasteiger partial charge in [-0.1, -0.05) is 23.2 Å². The zero-order valence-electron chi connectivity index (χ0n) is 9.71. The smallest absolute Gasteiger partial charge is 0.251 e. The predicted molar refractivity (Wildman–Crippen MR) is 72.2 cm³/mol. The first kappa shape index (κ1) is 13.5. The SMILES string of the molecule is Nc1cc(C(=O)NCC2CCCO2)cc(Cl)c1Cl. The Morgan fingerprint density at radius 2 is 2.28 bits per heavy atom. The standard InChI is InChI=1S/C12H14Cl2N2O2/c13-9-4-7(5-10(15)11(9)14)12(17)16-6-8-2-1-3-18-8/h4-5,8H,1-3,6,15H2,(H,16,17). The number of rotatable bonds is 3. The molecule has 0 radical (unpaired) electrons. The minimum absolute atomic E-state index is 0.106. The fraction of sp³-hybridized carbons (Fsp3) is 0.417. The van der Waals surface area contributed by atoms with Crippen LogP contribution >= 0.6 is 23.2 Å². The summed E-state index contributed by atoms with van der Waals surface area (Å²) in [6.07, 6.45) is 2.12. The lowest BCUT2D eigenvalue weighted by Crippen LogP contribution is -2.31. The summed E-state index contributed by atoms with van der Waals surface area (Å²) in [7, 11) is 0. The summed E-state index contributed by atoms with van der Waals surface area (Å²) in [6.45, 7) is 1.26. The van der Waals surface area contributed by atoms with Crippen LogP contribution in [0.3, 0.4) is 0 Å². The largest absolute Gasteiger partial charge is 0.397 e. The van der Waals surface area contributed by atoms with Gasteiger partial charge in [0.2, 0.25) is 0 Å². The molecule has 2 rings (SSSR count). The molecule has 1 aromatic carbocycles. The number of benzene rings is 1. The number of anilines is 1. The van der Waals surface area contributed by atoms with Crippen LogP contribution in [0, 0.1) is 0 Å². The highest BCUT2D eigenvalue weighted by Crippen LogP contribution is 2.29. The van der Waals surface area contributed by atoms with E-state index in [9.17, 15) is 4.79 Å². The second kappa shape index (κ2) is 5.78. The van der Waals surface area contributed by atoms with Crippen LogP contribution in [0.2, 0.25) is 10.0 Å². The summed E-state index contributed by atoms with van der Waals surface area (Å²) in [5, 5.41) is 3.34. The fourth-order valence-electron chi connectivity index (χ4n) is 1.86. The molecule has 4 nitrogen and oxygen atoms in total. The van der Waals surface area contributed by atoms with Crippen molar-refractivity contribution in [2.45, 2.75) is 18.9 Å². The van der Waals surface area contributed by atoms with Crippen molar-refractivity contribution in [3.05, 3.63) is 27.7 Å². The van der Waals surface area contributed by atoms with Crippen molar-refractivity contribution in [1.82, 2.24) is 5.32 Å². The zero-order valence-corrected chi connectivity index (χ0v) is 11.2. The normalized spacial score (nSPS) is 18.9. The van der Waals surface area contributed by atoms with Crippen molar-refractivity contribution in [2.75, 3.05) is 18.9 Å². The van der Waals surface area contributed by atoms with Gasteiger partial charge in [0.05, 0.1) is 21.8 Å². The van der Waals surface area contributed by atoms with Gasteiger partial charge in [-0.3, -0.25) is 4.79 Å². The molecule has 1 fully saturated rings. The summed E-state index contributed by atoms with van der Waals surface area (Å²) in [5.74, 6) is -0.226. The molecule has 1 aromatic rings. The van der Waals surface area contributed by atoms with E-state index in [0.29, 0.717) is 17.8 Å². The average Bonchev–Trinajstić information content (AvgIpc) is 2.85. The Bertz CT molecular complexity index is 436. The number of carbonyl (C=O) groups excluding carboxylic acids is 1. The van der Waals surface area contributed by atoms with Crippen molar-refractivity contribution in [1.29, 1.82) is 0 Å². The van der Waals surface area contributed by atoms with Crippen LogP contribution in [0.5, 0.6) is 0 Å². The van der Waals surface area contributed by atoms with Crippen molar-refractivity contribution >= 4 is 34.8 Å². The Balaban J connectivity index is 2.00. The first-order valence-electron chi connectivity index (χ1n) is 5.72. The molecular weight excluding hydrogens is 275 g/mol. The monoisotopic (exact) mass is 288 g/mol. The Kier molecular flexibility index (Phi) is 4.32. The van der Waals surface area contributed by atoms with Crippen LogP contribution in [0.1, 0.15) is 23.2 Å². The van der Waals surface area contributed by atoms with Gasteiger partial charge < -0.3 is 15.8 Å². The number of carbonyl (C=O) groups is 1. The summed E-state index contributed by atoms with van der Waals surface area (Å²) in [5.41, 5.74) is 6.36. The fourth-order valence-corrected chi connectivity index (χ4v) is 2.19. The van der Waals surface area contributed by atoms with Crippen molar-refractivity contribution in [3.8, 4) is 0 Å². The topological polar surface area (TPSA) is 64.4 Å². The highest BCUT2D eigenvalue weighted by atomic mass is 35.5. The molecule has 6 heteroatoms. The maximum Gasteiger partial charge on any atom is 0.251 e. The van der Waals surface area contributed by atoms with Gasteiger partial charge in [0, 0.05) is 18.7 Å². The van der Waals surface area contributed by atoms with E-state index < -0.39 is 0 Å². The molecule has 1 unspecified atom stereocenters. The van der Waals surface area contributed by atoms with Crippen LogP contribution < -0.4 is 11.1 Å². The average molecular weight is 289 g/mol. The third-order valence-corrected chi connectivity index (χ3v) is 3.65. The first-order valence-corrected chi connectivity index (χ1v) is 6.48. The highest BCUT2D eigenvalue weighted by molar-refractivity contribution is 6.43. The molecule has 0 saturated carbocycles. The number of ether oxygens (including phenoxy) is 1. The number of halogens is 2. The molecule has 98 valence electrons. The number of hydrogen-bond acceptors (Lipinski definition) is 3. The number of amides is 1. The van der Waals surface area contributed by atoms with Crippen LogP contribution in [0.4, 0.5) is 5.69 Å². The third-order valence-electron chi connectivity index (χ3n) is 2.83. The van der Waals surface area contributed by atoms with Gasteiger partial charge in [-0.15, -0.1) is 0 Å². The lowest BCUT2D eigenvalue weighted by atomic mass is 10.2. The molecule has 1 atom stereocenters. The summed E-state index contributed by atoms with van der Waals surface area (Å²) >= 11 is 11.7. The van der Waals surface area contributed by atoms with Crippen LogP contribution in [-0.4, -0.2) is 25.2 Å². The van der Waals surface area contributed by atoms with E-state index in [1.54, 1.807) is 0 Å². The molecule has 0 aromatic heterocycles. The summed E-state index contributed by atoms with van der Waals surface area (Å²) in [6, 6.07) is 3.02. The van der Waals surface area contributed by atoms with Crippen LogP contribution in [0.25, 0.3) is 0 Å². The number of hydrogen-bond donors (Lipinski definition) is 2. The van der Waals surface area contributed by atoms with Crippen molar-refractivity contribution < 1.29 is 9.53 Å². The molecule has 1 aliphatic rings. The van der Waals surface area contributed by atoms with E-state index in [1.807, 2.05) is 0 Å². The summed E-state index contributed by atoms with van der Waals surface area (Å²) in [4.78, 5) is 11.9. The molecule has 0 bridgehead atoms. The molecule has 1 aliphatic heterocycles. The van der Waals surface area contributed by atoms with E-state index in [2.05, 4.69) is 5.32 Å². The van der Waals surface area contributed by atoms with Crippen molar-refractivity contribution in [2.24, 2.45) is 0 Å². The highest BCUT2D eigenvalue weighted by Gasteiger charge is 2.17. The van der Waals surface area contributed by atoms with Crippen LogP contribution in [-0.2, 0) is 4.74 Å². The second-order valence-electron chi connectivity index (χ2n) is 4.21. The second-order valence-corrected chi connectivity index (χ2v) is 4.99. The molecule has 18 heavy (non-hydrogen) atoms. The van der Waals surface area contributed by atoms with E-state index >= 15 is 0 Å². The molecule has 3 N–H and O–H groups in total. The molecular formula is C12H14Cl2N2O2. The van der Waals surface area contributed by atoms with E-state index in [0.717, 1.165) is 19.4 Å². The molecule has 0 spiro atoms. The third kappa shape index (κ3) is 3.07. The minimum atomic E-state index is -0.226. The zero-order chi connectivity index (χ0) is 13.1. The van der Waals surface area contributed by atoms with Gasteiger partial charge in [0.15, 0.2) is 0 Å². The Morgan fingerprint density at radius 3 is 2.89 bits per heavy atom. The molecule has 0 aliphatic carbocycles. The van der Waals surface area contributed by atoms with Gasteiger partial charge >= 0.3 is 0 Å². The number of nitrogen functional groups attached to an aromatic ring is 1. The molecule has 1 amide bonds. The Morgan fingerprint density at radius 1 is 1.50 bits per heavy atom. The van der Waals surface area contributed by atoms with Crippen LogP contribution in [0.15, 0.2) is 12.1 Å². The minimum Gasteiger partial charge on any atom is -0.397 e. The quantitative estimate of drug-likeness (QED) is 0.840. The lowest BCUT2D eigenvalue weighted by Gasteiger charge is -2.11. The van der Waals surface area contributed by atoms with Gasteiger partial charge in [0.25, 0.3) is 5.91 Å². The van der Waals surface area contributed by atoms with Gasteiger partial charge in [0.1, 0.15) is 0 Å². The van der Waals surface area contributed by atoms with E-state index in [-0.39, 0.29) is 22.1 Å². The molecule has 1 heterocycles. The van der Waals surface area contributed by atoms with Gasteiger partial charge in [-0.05, 0) is 25.0 Å². The lowest BCUT2D eigenvalue weighted by molar-refractivity contribution is 0.0858. The van der Waals surface area contributed by atoms with Gasteiger partial charge in [-0.25, -0.2) is 0 Å². The maximum absolute atomic E-state index is 11.9. The van der Waals surface area contributed by atoms with Gasteiger partial charge in [-0.2, -0.15) is 0 Å². The number of nitrogens with one attached hydrogen (secondary N) is 1. The summed E-state index contributed by atoms with van der Waals surface area (Å²) < 4.78 is 5.42. The predicted octanol–water partition coefficient (Wildman–Crippen LogP) is 2.48. The van der Waals surface area contributed by atoms with E-state index in [4.69, 9.17) is 33.7 Å². The van der Waals surface area contributed by atoms with E-state index in [1.165, 1.54) is 12.1 Å². The Hall–Kier alpha value is -0.970. The van der Waals surface area contributed by atoms with Crippen molar-refractivity contribution in [3.63, 3.8) is 0 Å². The number of nitrogens with two attached hydrogens (primary N) is 1. The Labute approximate surface area is 115 Å². The molecule has 1 saturated heterocycles. The first-order chi connectivity index (χ1) is 8.58.